The Kier molecular flexibility index (Phi) is 7.06. The Hall–Kier alpha value is -2.64. The lowest BCUT2D eigenvalue weighted by Gasteiger charge is -2.22. The Balaban J connectivity index is 1.84. The smallest absolute Gasteiger partial charge is 0.266 e. The van der Waals surface area contributed by atoms with E-state index in [2.05, 4.69) is 0 Å². The summed E-state index contributed by atoms with van der Waals surface area (Å²) < 4.78 is 12.5. The summed E-state index contributed by atoms with van der Waals surface area (Å²) in [7, 11) is 3.97. The van der Waals surface area contributed by atoms with E-state index >= 15 is 0 Å². The Morgan fingerprint density at radius 1 is 1.03 bits per heavy atom. The number of hydrogen-bond donors (Lipinski definition) is 0. The maximum atomic E-state index is 13.0. The van der Waals surface area contributed by atoms with Crippen molar-refractivity contribution in [3.05, 3.63) is 48.0 Å². The van der Waals surface area contributed by atoms with Crippen molar-refractivity contribution in [2.45, 2.75) is 13.8 Å². The van der Waals surface area contributed by atoms with Crippen LogP contribution < -0.4 is 14.4 Å². The number of aryl methyl sites for hydroxylation is 1. The van der Waals surface area contributed by atoms with Crippen LogP contribution in [-0.2, 0) is 4.79 Å². The molecule has 1 heterocycles. The topological polar surface area (TPSA) is 54.9 Å². The molecule has 0 saturated heterocycles. The highest BCUT2D eigenvalue weighted by molar-refractivity contribution is 7.22. The van der Waals surface area contributed by atoms with Crippen LogP contribution in [0.25, 0.3) is 10.2 Å². The average molecular weight is 414 g/mol. The number of aromatic nitrogens is 1. The van der Waals surface area contributed by atoms with E-state index in [4.69, 9.17) is 14.5 Å². The zero-order valence-electron chi connectivity index (χ0n) is 17.3. The highest BCUT2D eigenvalue weighted by Gasteiger charge is 2.21. The van der Waals surface area contributed by atoms with Crippen LogP contribution in [0.4, 0.5) is 5.13 Å². The molecule has 1 amide bonds. The number of ether oxygens (including phenoxy) is 2. The number of para-hydroxylation sites is 2. The van der Waals surface area contributed by atoms with Gasteiger partial charge in [0.2, 0.25) is 0 Å². The van der Waals surface area contributed by atoms with Gasteiger partial charge in [-0.1, -0.05) is 35.6 Å². The van der Waals surface area contributed by atoms with Gasteiger partial charge in [-0.25, -0.2) is 4.98 Å². The molecule has 0 spiro atoms. The molecule has 0 aliphatic heterocycles. The van der Waals surface area contributed by atoms with Crippen LogP contribution in [0, 0.1) is 6.92 Å². The number of likely N-dealkylation sites (N-methyl/N-ethyl adjacent to an activating group) is 1. The molecule has 2 aromatic carbocycles. The lowest BCUT2D eigenvalue weighted by molar-refractivity contribution is -0.120. The van der Waals surface area contributed by atoms with Crippen molar-refractivity contribution < 1.29 is 14.3 Å². The Bertz CT molecular complexity index is 971. The van der Waals surface area contributed by atoms with Crippen molar-refractivity contribution in [3.8, 4) is 11.5 Å². The zero-order chi connectivity index (χ0) is 20.8. The van der Waals surface area contributed by atoms with Gasteiger partial charge in [0, 0.05) is 13.1 Å². The summed E-state index contributed by atoms with van der Waals surface area (Å²) in [5.74, 6) is 1.34. The second kappa shape index (κ2) is 9.71. The molecular weight excluding hydrogens is 386 g/mol. The van der Waals surface area contributed by atoms with Crippen LogP contribution in [0.15, 0.2) is 42.5 Å². The molecule has 0 atom stereocenters. The molecule has 0 fully saturated rings. The standard InChI is InChI=1S/C22H27N3O3S/c1-5-27-18-11-8-12-19-21(18)23-22(29-19)25(14-13-24(3)4)20(26)15-28-17-10-7-6-9-16(17)2/h6-12H,5,13-15H2,1-4H3. The molecular formula is C22H27N3O3S. The fourth-order valence-electron chi connectivity index (χ4n) is 2.86. The Labute approximate surface area is 175 Å². The van der Waals surface area contributed by atoms with E-state index in [9.17, 15) is 4.79 Å². The van der Waals surface area contributed by atoms with E-state index < -0.39 is 0 Å². The SMILES string of the molecule is CCOc1cccc2sc(N(CCN(C)C)C(=O)COc3ccccc3C)nc12. The predicted molar refractivity (Wildman–Crippen MR) is 118 cm³/mol. The third-order valence-electron chi connectivity index (χ3n) is 4.42. The summed E-state index contributed by atoms with van der Waals surface area (Å²) >= 11 is 1.49. The molecule has 6 nitrogen and oxygen atoms in total. The molecule has 0 aliphatic carbocycles. The molecule has 0 saturated carbocycles. The molecule has 154 valence electrons. The lowest BCUT2D eigenvalue weighted by Crippen LogP contribution is -2.39. The minimum Gasteiger partial charge on any atom is -0.492 e. The highest BCUT2D eigenvalue weighted by Crippen LogP contribution is 2.34. The number of carbonyl (C=O) groups excluding carboxylic acids is 1. The summed E-state index contributed by atoms with van der Waals surface area (Å²) in [4.78, 5) is 21.5. The van der Waals surface area contributed by atoms with E-state index in [0.29, 0.717) is 18.3 Å². The molecule has 0 radical (unpaired) electrons. The summed E-state index contributed by atoms with van der Waals surface area (Å²) in [6.45, 7) is 5.71. The first kappa shape index (κ1) is 21.1. The van der Waals surface area contributed by atoms with Crippen LogP contribution in [0.5, 0.6) is 11.5 Å². The summed E-state index contributed by atoms with van der Waals surface area (Å²) in [6.07, 6.45) is 0. The largest absolute Gasteiger partial charge is 0.492 e. The number of benzene rings is 2. The second-order valence-electron chi connectivity index (χ2n) is 6.94. The number of fused-ring (bicyclic) bond motifs is 1. The third kappa shape index (κ3) is 5.25. The van der Waals surface area contributed by atoms with E-state index in [1.165, 1.54) is 11.3 Å². The van der Waals surface area contributed by atoms with Crippen molar-refractivity contribution in [2.24, 2.45) is 0 Å². The van der Waals surface area contributed by atoms with Crippen molar-refractivity contribution >= 4 is 32.6 Å². The molecule has 0 bridgehead atoms. The van der Waals surface area contributed by atoms with Crippen LogP contribution >= 0.6 is 11.3 Å². The molecule has 3 aromatic rings. The molecule has 29 heavy (non-hydrogen) atoms. The maximum Gasteiger partial charge on any atom is 0.266 e. The first-order valence-corrected chi connectivity index (χ1v) is 10.5. The van der Waals surface area contributed by atoms with Gasteiger partial charge in [-0.05, 0) is 51.7 Å². The van der Waals surface area contributed by atoms with Gasteiger partial charge in [-0.3, -0.25) is 9.69 Å². The average Bonchev–Trinajstić information content (AvgIpc) is 3.12. The first-order chi connectivity index (χ1) is 14.0. The van der Waals surface area contributed by atoms with Gasteiger partial charge in [0.15, 0.2) is 11.7 Å². The lowest BCUT2D eigenvalue weighted by atomic mass is 10.2. The minimum atomic E-state index is -0.118. The van der Waals surface area contributed by atoms with Crippen LogP contribution in [0.2, 0.25) is 0 Å². The Morgan fingerprint density at radius 2 is 1.79 bits per heavy atom. The van der Waals surface area contributed by atoms with Crippen molar-refractivity contribution in [1.29, 1.82) is 0 Å². The van der Waals surface area contributed by atoms with Crippen LogP contribution in [-0.4, -0.2) is 56.2 Å². The van der Waals surface area contributed by atoms with Gasteiger partial charge in [0.25, 0.3) is 5.91 Å². The number of nitrogens with zero attached hydrogens (tertiary/aromatic N) is 3. The molecule has 0 unspecified atom stereocenters. The number of thiazole rings is 1. The quantitative estimate of drug-likeness (QED) is 0.531. The van der Waals surface area contributed by atoms with Crippen molar-refractivity contribution in [2.75, 3.05) is 45.3 Å². The monoisotopic (exact) mass is 413 g/mol. The van der Waals surface area contributed by atoms with Crippen molar-refractivity contribution in [3.63, 3.8) is 0 Å². The van der Waals surface area contributed by atoms with Gasteiger partial charge in [0.05, 0.1) is 11.3 Å². The van der Waals surface area contributed by atoms with Gasteiger partial charge in [-0.15, -0.1) is 0 Å². The van der Waals surface area contributed by atoms with Crippen molar-refractivity contribution in [1.82, 2.24) is 9.88 Å². The van der Waals surface area contributed by atoms with E-state index in [-0.39, 0.29) is 12.5 Å². The van der Waals surface area contributed by atoms with E-state index in [1.54, 1.807) is 4.90 Å². The molecule has 0 N–H and O–H groups in total. The highest BCUT2D eigenvalue weighted by atomic mass is 32.1. The summed E-state index contributed by atoms with van der Waals surface area (Å²) in [5, 5.41) is 0.660. The molecule has 3 rings (SSSR count). The summed E-state index contributed by atoms with van der Waals surface area (Å²) in [5.41, 5.74) is 1.79. The number of amides is 1. The number of rotatable bonds is 9. The normalized spacial score (nSPS) is 11.1. The second-order valence-corrected chi connectivity index (χ2v) is 7.94. The summed E-state index contributed by atoms with van der Waals surface area (Å²) in [6, 6.07) is 13.5. The zero-order valence-corrected chi connectivity index (χ0v) is 18.2. The van der Waals surface area contributed by atoms with Gasteiger partial charge < -0.3 is 14.4 Å². The fraction of sp³-hybridized carbons (Fsp3) is 0.364. The fourth-order valence-corrected chi connectivity index (χ4v) is 3.89. The Morgan fingerprint density at radius 3 is 2.52 bits per heavy atom. The molecule has 0 aliphatic rings. The van der Waals surface area contributed by atoms with Gasteiger partial charge in [-0.2, -0.15) is 0 Å². The van der Waals surface area contributed by atoms with Crippen LogP contribution in [0.1, 0.15) is 12.5 Å². The van der Waals surface area contributed by atoms with Crippen LogP contribution in [0.3, 0.4) is 0 Å². The first-order valence-electron chi connectivity index (χ1n) is 9.65. The number of carbonyl (C=O) groups is 1. The van der Waals surface area contributed by atoms with Gasteiger partial charge >= 0.3 is 0 Å². The molecule has 1 aromatic heterocycles. The van der Waals surface area contributed by atoms with E-state index in [1.807, 2.05) is 75.3 Å². The van der Waals surface area contributed by atoms with E-state index in [0.717, 1.165) is 33.8 Å². The van der Waals surface area contributed by atoms with Gasteiger partial charge in [0.1, 0.15) is 17.0 Å². The predicted octanol–water partition coefficient (Wildman–Crippen LogP) is 3.98. The number of hydrogen-bond acceptors (Lipinski definition) is 6. The minimum absolute atomic E-state index is 0.0352. The molecule has 7 heteroatoms. The third-order valence-corrected chi connectivity index (χ3v) is 5.46. The number of anilines is 1. The maximum absolute atomic E-state index is 13.0.